The van der Waals surface area contributed by atoms with Crippen LogP contribution in [0.25, 0.3) is 22.3 Å². The highest BCUT2D eigenvalue weighted by atomic mass is 19.4. The van der Waals surface area contributed by atoms with E-state index < -0.39 is 29.2 Å². The number of hydrogen-bond acceptors (Lipinski definition) is 0. The zero-order valence-corrected chi connectivity index (χ0v) is 12.5. The summed E-state index contributed by atoms with van der Waals surface area (Å²) < 4.78 is 77.7. The zero-order valence-electron chi connectivity index (χ0n) is 12.5. The molecule has 6 heteroatoms. The van der Waals surface area contributed by atoms with Gasteiger partial charge in [0, 0.05) is 0 Å². The maximum absolute atomic E-state index is 13.7. The van der Waals surface area contributed by atoms with E-state index >= 15 is 0 Å². The lowest BCUT2D eigenvalue weighted by Crippen LogP contribution is -2.07. The fourth-order valence-electron chi connectivity index (χ4n) is 2.46. The molecular weight excluding hydrogens is 342 g/mol. The van der Waals surface area contributed by atoms with Crippen molar-refractivity contribution >= 4 is 0 Å². The van der Waals surface area contributed by atoms with E-state index in [-0.39, 0.29) is 5.56 Å². The molecule has 128 valence electrons. The lowest BCUT2D eigenvalue weighted by Gasteiger charge is -2.10. The molecule has 25 heavy (non-hydrogen) atoms. The van der Waals surface area contributed by atoms with Crippen LogP contribution < -0.4 is 0 Å². The third kappa shape index (κ3) is 3.52. The van der Waals surface area contributed by atoms with Crippen molar-refractivity contribution in [2.45, 2.75) is 6.18 Å². The average Bonchev–Trinajstić information content (AvgIpc) is 2.56. The van der Waals surface area contributed by atoms with Gasteiger partial charge in [0.15, 0.2) is 11.6 Å². The Morgan fingerprint density at radius 3 is 1.36 bits per heavy atom. The van der Waals surface area contributed by atoms with E-state index in [1.54, 1.807) is 24.3 Å². The van der Waals surface area contributed by atoms with Gasteiger partial charge in [-0.15, -0.1) is 0 Å². The summed E-state index contributed by atoms with van der Waals surface area (Å²) in [6.07, 6.45) is -4.75. The lowest BCUT2D eigenvalue weighted by atomic mass is 9.99. The van der Waals surface area contributed by atoms with E-state index in [1.165, 1.54) is 12.1 Å². The van der Waals surface area contributed by atoms with Crippen LogP contribution in [0.2, 0.25) is 0 Å². The van der Waals surface area contributed by atoms with E-state index in [0.717, 1.165) is 18.2 Å². The first-order chi connectivity index (χ1) is 11.8. The highest BCUT2D eigenvalue weighted by Gasteiger charge is 2.33. The lowest BCUT2D eigenvalue weighted by molar-refractivity contribution is -0.139. The summed E-state index contributed by atoms with van der Waals surface area (Å²) in [5, 5.41) is 0. The number of alkyl halides is 3. The first kappa shape index (κ1) is 17.1. The smallest absolute Gasteiger partial charge is 0.206 e. The molecule has 0 aromatic heterocycles. The molecule has 0 aliphatic carbocycles. The molecule has 3 aromatic carbocycles. The van der Waals surface area contributed by atoms with Gasteiger partial charge in [-0.3, -0.25) is 0 Å². The van der Waals surface area contributed by atoms with Gasteiger partial charge in [-0.1, -0.05) is 36.4 Å². The summed E-state index contributed by atoms with van der Waals surface area (Å²) >= 11 is 0. The summed E-state index contributed by atoms with van der Waals surface area (Å²) in [4.78, 5) is 0. The number of benzene rings is 3. The fourth-order valence-corrected chi connectivity index (χ4v) is 2.46. The maximum Gasteiger partial charge on any atom is 0.419 e. The van der Waals surface area contributed by atoms with Gasteiger partial charge >= 0.3 is 6.18 Å². The van der Waals surface area contributed by atoms with Crippen LogP contribution in [-0.4, -0.2) is 0 Å². The van der Waals surface area contributed by atoms with Crippen molar-refractivity contribution in [3.8, 4) is 22.3 Å². The fraction of sp³-hybridized carbons (Fsp3) is 0.0526. The summed E-state index contributed by atoms with van der Waals surface area (Å²) in [5.41, 5.74) is 0.495. The molecule has 0 amide bonds. The normalized spacial score (nSPS) is 11.6. The molecule has 0 aliphatic rings. The molecule has 0 nitrogen and oxygen atoms in total. The average molecular weight is 352 g/mol. The Morgan fingerprint density at radius 1 is 0.480 bits per heavy atom. The molecule has 0 heterocycles. The van der Waals surface area contributed by atoms with E-state index in [1.807, 2.05) is 0 Å². The molecule has 0 atom stereocenters. The van der Waals surface area contributed by atoms with Gasteiger partial charge < -0.3 is 0 Å². The molecule has 0 aliphatic heterocycles. The number of halogens is 6. The van der Waals surface area contributed by atoms with Gasteiger partial charge in [0.05, 0.1) is 5.56 Å². The van der Waals surface area contributed by atoms with E-state index in [9.17, 15) is 26.3 Å². The first-order valence-electron chi connectivity index (χ1n) is 7.18. The molecule has 0 bridgehead atoms. The van der Waals surface area contributed by atoms with Gasteiger partial charge in [0.1, 0.15) is 5.82 Å². The molecule has 0 N–H and O–H groups in total. The molecule has 0 spiro atoms. The van der Waals surface area contributed by atoms with Crippen molar-refractivity contribution in [2.75, 3.05) is 0 Å². The highest BCUT2D eigenvalue weighted by molar-refractivity contribution is 5.70. The van der Waals surface area contributed by atoms with E-state index in [0.29, 0.717) is 22.8 Å². The van der Waals surface area contributed by atoms with Gasteiger partial charge in [-0.25, -0.2) is 13.2 Å². The Kier molecular flexibility index (Phi) is 4.29. The van der Waals surface area contributed by atoms with Gasteiger partial charge in [-0.05, 0) is 46.5 Å². The van der Waals surface area contributed by atoms with E-state index in [4.69, 9.17) is 0 Å². The van der Waals surface area contributed by atoms with Crippen LogP contribution in [0.3, 0.4) is 0 Å². The Labute approximate surface area is 139 Å². The molecule has 0 radical (unpaired) electrons. The Balaban J connectivity index is 1.92. The summed E-state index contributed by atoms with van der Waals surface area (Å²) in [6.45, 7) is 0. The second-order valence-corrected chi connectivity index (χ2v) is 5.40. The third-order valence-electron chi connectivity index (χ3n) is 3.75. The van der Waals surface area contributed by atoms with Crippen LogP contribution in [0.4, 0.5) is 26.3 Å². The zero-order chi connectivity index (χ0) is 18.2. The number of hydrogen-bond donors (Lipinski definition) is 0. The summed E-state index contributed by atoms with van der Waals surface area (Å²) in [6, 6.07) is 12.5. The molecule has 3 aromatic rings. The summed E-state index contributed by atoms with van der Waals surface area (Å²) in [7, 11) is 0. The van der Waals surface area contributed by atoms with Crippen molar-refractivity contribution in [3.63, 3.8) is 0 Å². The van der Waals surface area contributed by atoms with Crippen molar-refractivity contribution < 1.29 is 26.3 Å². The van der Waals surface area contributed by atoms with Crippen LogP contribution in [0.5, 0.6) is 0 Å². The second kappa shape index (κ2) is 6.27. The van der Waals surface area contributed by atoms with Crippen LogP contribution in [0.15, 0.2) is 60.7 Å². The predicted octanol–water partition coefficient (Wildman–Crippen LogP) is 6.46. The minimum atomic E-state index is -4.75. The SMILES string of the molecule is Fc1ccc(-c2ccc(-c3ccc(C(F)(F)F)c(F)c3)cc2)cc1F. The molecule has 0 saturated carbocycles. The molecule has 0 unspecified atom stereocenters. The minimum absolute atomic E-state index is 0.280. The highest BCUT2D eigenvalue weighted by Crippen LogP contribution is 2.34. The molecule has 0 fully saturated rings. The second-order valence-electron chi connectivity index (χ2n) is 5.40. The predicted molar refractivity (Wildman–Crippen MR) is 82.2 cm³/mol. The standard InChI is InChI=1S/C19H10F6/c20-16-8-6-14(10-18(16)22)12-3-1-11(2-4-12)13-5-7-15(17(21)9-13)19(23,24)25/h1-10H. The van der Waals surface area contributed by atoms with Crippen LogP contribution in [-0.2, 0) is 6.18 Å². The monoisotopic (exact) mass is 352 g/mol. The third-order valence-corrected chi connectivity index (χ3v) is 3.75. The van der Waals surface area contributed by atoms with Gasteiger partial charge in [0.25, 0.3) is 0 Å². The Morgan fingerprint density at radius 2 is 0.920 bits per heavy atom. The number of rotatable bonds is 2. The maximum atomic E-state index is 13.7. The molecule has 3 rings (SSSR count). The topological polar surface area (TPSA) is 0 Å². The minimum Gasteiger partial charge on any atom is -0.206 e. The Hall–Kier alpha value is -2.76. The quantitative estimate of drug-likeness (QED) is 0.465. The van der Waals surface area contributed by atoms with Gasteiger partial charge in [-0.2, -0.15) is 13.2 Å². The van der Waals surface area contributed by atoms with Crippen molar-refractivity contribution in [3.05, 3.63) is 83.7 Å². The van der Waals surface area contributed by atoms with E-state index in [2.05, 4.69) is 0 Å². The van der Waals surface area contributed by atoms with Crippen LogP contribution in [0.1, 0.15) is 5.56 Å². The van der Waals surface area contributed by atoms with Crippen molar-refractivity contribution in [1.29, 1.82) is 0 Å². The first-order valence-corrected chi connectivity index (χ1v) is 7.18. The van der Waals surface area contributed by atoms with Crippen LogP contribution >= 0.6 is 0 Å². The van der Waals surface area contributed by atoms with Gasteiger partial charge in [0.2, 0.25) is 0 Å². The summed E-state index contributed by atoms with van der Waals surface area (Å²) in [5.74, 6) is -3.29. The van der Waals surface area contributed by atoms with Crippen LogP contribution in [0, 0.1) is 17.5 Å². The Bertz CT molecular complexity index is 910. The van der Waals surface area contributed by atoms with Crippen molar-refractivity contribution in [1.82, 2.24) is 0 Å². The molecule has 0 saturated heterocycles. The van der Waals surface area contributed by atoms with Crippen molar-refractivity contribution in [2.24, 2.45) is 0 Å². The molecular formula is C19H10F6. The largest absolute Gasteiger partial charge is 0.419 e.